The highest BCUT2D eigenvalue weighted by Crippen LogP contribution is 2.18. The van der Waals surface area contributed by atoms with Crippen LogP contribution < -0.4 is 20.3 Å². The molecule has 6 nitrogen and oxygen atoms in total. The average Bonchev–Trinajstić information content (AvgIpc) is 2.85. The molecule has 2 N–H and O–H groups in total. The van der Waals surface area contributed by atoms with E-state index in [2.05, 4.69) is 50.8 Å². The van der Waals surface area contributed by atoms with Crippen molar-refractivity contribution in [3.63, 3.8) is 0 Å². The second-order valence-corrected chi connectivity index (χ2v) is 8.47. The number of carbonyl (C=O) groups is 1. The number of hydrogen-bond donors (Lipinski definition) is 2. The van der Waals surface area contributed by atoms with Crippen LogP contribution in [0.1, 0.15) is 29.7 Å². The van der Waals surface area contributed by atoms with Crippen molar-refractivity contribution in [2.24, 2.45) is 0 Å². The Hall–Kier alpha value is -3.54. The first-order chi connectivity index (χ1) is 16.2. The van der Waals surface area contributed by atoms with Gasteiger partial charge in [0.2, 0.25) is 0 Å². The fourth-order valence-corrected chi connectivity index (χ4v) is 4.01. The van der Waals surface area contributed by atoms with Crippen molar-refractivity contribution in [2.45, 2.75) is 38.8 Å². The summed E-state index contributed by atoms with van der Waals surface area (Å²) in [6, 6.07) is 24.4. The predicted octanol–water partition coefficient (Wildman–Crippen LogP) is 4.48. The van der Waals surface area contributed by atoms with E-state index in [0.717, 1.165) is 55.2 Å². The van der Waals surface area contributed by atoms with Gasteiger partial charge in [0.25, 0.3) is 0 Å². The highest BCUT2D eigenvalue weighted by Gasteiger charge is 2.21. The molecular formula is C27H32N4O2. The molecule has 1 aliphatic heterocycles. The monoisotopic (exact) mass is 444 g/mol. The number of anilines is 1. The number of nitrogens with zero attached hydrogens (tertiary/aromatic N) is 2. The van der Waals surface area contributed by atoms with Crippen LogP contribution in [0.4, 0.5) is 10.6 Å². The second-order valence-electron chi connectivity index (χ2n) is 8.47. The Balaban J connectivity index is 1.13. The highest BCUT2D eigenvalue weighted by molar-refractivity contribution is 5.74. The van der Waals surface area contributed by atoms with Crippen molar-refractivity contribution in [3.05, 3.63) is 89.6 Å². The Labute approximate surface area is 196 Å². The first-order valence-corrected chi connectivity index (χ1v) is 11.6. The first-order valence-electron chi connectivity index (χ1n) is 11.6. The molecule has 0 atom stereocenters. The fourth-order valence-electron chi connectivity index (χ4n) is 4.01. The number of rotatable bonds is 8. The summed E-state index contributed by atoms with van der Waals surface area (Å²) >= 11 is 0. The van der Waals surface area contributed by atoms with Gasteiger partial charge in [-0.25, -0.2) is 9.78 Å². The number of ether oxygens (including phenoxy) is 1. The van der Waals surface area contributed by atoms with Crippen LogP contribution in [0.5, 0.6) is 5.75 Å². The van der Waals surface area contributed by atoms with Crippen molar-refractivity contribution in [3.8, 4) is 5.75 Å². The van der Waals surface area contributed by atoms with E-state index in [1.807, 2.05) is 49.4 Å². The quantitative estimate of drug-likeness (QED) is 0.538. The van der Waals surface area contributed by atoms with Gasteiger partial charge in [0.1, 0.15) is 18.2 Å². The molecule has 3 aromatic rings. The molecule has 0 bridgehead atoms. The van der Waals surface area contributed by atoms with Crippen LogP contribution in [0.3, 0.4) is 0 Å². The van der Waals surface area contributed by atoms with E-state index in [4.69, 9.17) is 4.74 Å². The summed E-state index contributed by atoms with van der Waals surface area (Å²) in [4.78, 5) is 19.2. The van der Waals surface area contributed by atoms with Gasteiger partial charge in [0.05, 0.1) is 0 Å². The molecule has 4 rings (SSSR count). The number of aromatic nitrogens is 1. The molecule has 1 saturated heterocycles. The number of benzene rings is 2. The van der Waals surface area contributed by atoms with Crippen molar-refractivity contribution in [2.75, 3.05) is 24.5 Å². The Morgan fingerprint density at radius 3 is 2.45 bits per heavy atom. The van der Waals surface area contributed by atoms with Crippen molar-refractivity contribution in [1.29, 1.82) is 0 Å². The maximum absolute atomic E-state index is 12.3. The third-order valence-electron chi connectivity index (χ3n) is 5.90. The third kappa shape index (κ3) is 6.97. The molecule has 0 unspecified atom stereocenters. The standard InChI is InChI=1S/C27H32N4O2/c1-21-6-5-9-26(29-21)31-18-15-24(16-19-31)30-27(32)28-17-14-22-10-12-25(13-11-22)33-20-23-7-3-2-4-8-23/h2-13,24H,14-20H2,1H3,(H2,28,30,32). The molecule has 2 aromatic carbocycles. The summed E-state index contributed by atoms with van der Waals surface area (Å²) in [5.74, 6) is 1.87. The molecule has 0 saturated carbocycles. The second kappa shape index (κ2) is 11.4. The topological polar surface area (TPSA) is 66.5 Å². The smallest absolute Gasteiger partial charge is 0.315 e. The van der Waals surface area contributed by atoms with E-state index in [1.165, 1.54) is 5.56 Å². The molecule has 172 valence electrons. The number of aryl methyl sites for hydroxylation is 1. The van der Waals surface area contributed by atoms with Crippen LogP contribution in [0.2, 0.25) is 0 Å². The molecule has 2 amide bonds. The van der Waals surface area contributed by atoms with E-state index in [9.17, 15) is 4.79 Å². The number of carbonyl (C=O) groups excluding carboxylic acids is 1. The van der Waals surface area contributed by atoms with Gasteiger partial charge in [-0.05, 0) is 61.6 Å². The van der Waals surface area contributed by atoms with Gasteiger partial charge in [0.15, 0.2) is 0 Å². The molecule has 1 aromatic heterocycles. The molecule has 0 radical (unpaired) electrons. The van der Waals surface area contributed by atoms with Crippen LogP contribution in [-0.4, -0.2) is 36.7 Å². The summed E-state index contributed by atoms with van der Waals surface area (Å²) in [5, 5.41) is 6.10. The number of hydrogen-bond acceptors (Lipinski definition) is 4. The number of nitrogens with one attached hydrogen (secondary N) is 2. The van der Waals surface area contributed by atoms with Crippen LogP contribution >= 0.6 is 0 Å². The van der Waals surface area contributed by atoms with Gasteiger partial charge in [-0.2, -0.15) is 0 Å². The Morgan fingerprint density at radius 1 is 0.970 bits per heavy atom. The Kier molecular flexibility index (Phi) is 7.80. The van der Waals surface area contributed by atoms with Crippen LogP contribution in [0, 0.1) is 6.92 Å². The van der Waals surface area contributed by atoms with E-state index in [0.29, 0.717) is 13.2 Å². The summed E-state index contributed by atoms with van der Waals surface area (Å²) < 4.78 is 5.83. The molecule has 1 aliphatic rings. The van der Waals surface area contributed by atoms with E-state index >= 15 is 0 Å². The summed E-state index contributed by atoms with van der Waals surface area (Å²) in [6.45, 7) is 4.97. The third-order valence-corrected chi connectivity index (χ3v) is 5.90. The fraction of sp³-hybridized carbons (Fsp3) is 0.333. The van der Waals surface area contributed by atoms with Crippen molar-refractivity contribution >= 4 is 11.8 Å². The van der Waals surface area contributed by atoms with Gasteiger partial charge < -0.3 is 20.3 Å². The summed E-state index contributed by atoms with van der Waals surface area (Å²) in [6.07, 6.45) is 2.63. The van der Waals surface area contributed by atoms with Gasteiger partial charge in [-0.15, -0.1) is 0 Å². The number of amides is 2. The normalized spacial score (nSPS) is 14.0. The largest absolute Gasteiger partial charge is 0.489 e. The zero-order valence-electron chi connectivity index (χ0n) is 19.2. The number of urea groups is 1. The van der Waals surface area contributed by atoms with Gasteiger partial charge in [-0.1, -0.05) is 48.5 Å². The maximum Gasteiger partial charge on any atom is 0.315 e. The maximum atomic E-state index is 12.3. The van der Waals surface area contributed by atoms with Gasteiger partial charge >= 0.3 is 6.03 Å². The molecular weight excluding hydrogens is 412 g/mol. The lowest BCUT2D eigenvalue weighted by Gasteiger charge is -2.33. The lowest BCUT2D eigenvalue weighted by atomic mass is 10.1. The SMILES string of the molecule is Cc1cccc(N2CCC(NC(=O)NCCc3ccc(OCc4ccccc4)cc3)CC2)n1. The lowest BCUT2D eigenvalue weighted by Crippen LogP contribution is -2.48. The summed E-state index contributed by atoms with van der Waals surface area (Å²) in [7, 11) is 0. The molecule has 2 heterocycles. The average molecular weight is 445 g/mol. The minimum absolute atomic E-state index is 0.0926. The molecule has 33 heavy (non-hydrogen) atoms. The van der Waals surface area contributed by atoms with Crippen LogP contribution in [0.25, 0.3) is 0 Å². The van der Waals surface area contributed by atoms with Crippen molar-refractivity contribution in [1.82, 2.24) is 15.6 Å². The Bertz CT molecular complexity index is 1020. The van der Waals surface area contributed by atoms with Gasteiger partial charge in [0, 0.05) is 31.4 Å². The molecule has 1 fully saturated rings. The van der Waals surface area contributed by atoms with Crippen LogP contribution in [0.15, 0.2) is 72.8 Å². The van der Waals surface area contributed by atoms with E-state index < -0.39 is 0 Å². The first kappa shape index (κ1) is 22.6. The minimum Gasteiger partial charge on any atom is -0.489 e. The zero-order valence-corrected chi connectivity index (χ0v) is 19.2. The van der Waals surface area contributed by atoms with E-state index in [1.54, 1.807) is 0 Å². The molecule has 0 spiro atoms. The van der Waals surface area contributed by atoms with E-state index in [-0.39, 0.29) is 12.1 Å². The highest BCUT2D eigenvalue weighted by atomic mass is 16.5. The predicted molar refractivity (Wildman–Crippen MR) is 132 cm³/mol. The molecule has 6 heteroatoms. The lowest BCUT2D eigenvalue weighted by molar-refractivity contribution is 0.234. The number of pyridine rings is 1. The number of piperidine rings is 1. The zero-order chi connectivity index (χ0) is 22.9. The van der Waals surface area contributed by atoms with Crippen molar-refractivity contribution < 1.29 is 9.53 Å². The molecule has 0 aliphatic carbocycles. The minimum atomic E-state index is -0.0926. The van der Waals surface area contributed by atoms with Gasteiger partial charge in [-0.3, -0.25) is 0 Å². The summed E-state index contributed by atoms with van der Waals surface area (Å²) in [5.41, 5.74) is 3.34. The van der Waals surface area contributed by atoms with Crippen LogP contribution in [-0.2, 0) is 13.0 Å². The Morgan fingerprint density at radius 2 is 1.73 bits per heavy atom.